The van der Waals surface area contributed by atoms with Gasteiger partial charge in [-0.05, 0) is 12.1 Å². The number of nitro groups is 1. The molecule has 0 heterocycles. The quantitative estimate of drug-likeness (QED) is 0.415. The van der Waals surface area contributed by atoms with Gasteiger partial charge in [-0.1, -0.05) is 27.7 Å². The van der Waals surface area contributed by atoms with Crippen LogP contribution in [0.5, 0.6) is 0 Å². The first-order valence-corrected chi connectivity index (χ1v) is 9.63. The average Bonchev–Trinajstić information content (AvgIpc) is 2.56. The molecule has 0 aliphatic carbocycles. The van der Waals surface area contributed by atoms with Gasteiger partial charge >= 0.3 is 7.59 Å². The molecular formula is C15H25N4O4P. The van der Waals surface area contributed by atoms with E-state index in [0.717, 1.165) is 0 Å². The fraction of sp³-hybridized carbons (Fsp3) is 0.533. The second-order valence-electron chi connectivity index (χ2n) is 5.07. The van der Waals surface area contributed by atoms with E-state index in [-0.39, 0.29) is 11.3 Å². The van der Waals surface area contributed by atoms with Crippen molar-refractivity contribution >= 4 is 19.2 Å². The van der Waals surface area contributed by atoms with Crippen LogP contribution in [0.25, 0.3) is 0 Å². The van der Waals surface area contributed by atoms with E-state index in [0.29, 0.717) is 26.2 Å². The van der Waals surface area contributed by atoms with E-state index in [1.165, 1.54) is 24.3 Å². The molecule has 0 aliphatic rings. The average molecular weight is 356 g/mol. The predicted octanol–water partition coefficient (Wildman–Crippen LogP) is 3.12. The summed E-state index contributed by atoms with van der Waals surface area (Å²) in [5, 5.41) is 13.4. The van der Waals surface area contributed by atoms with Gasteiger partial charge in [0.25, 0.3) is 11.6 Å². The van der Waals surface area contributed by atoms with E-state index >= 15 is 0 Å². The Bertz CT molecular complexity index is 596. The molecule has 0 saturated heterocycles. The fourth-order valence-electron chi connectivity index (χ4n) is 2.47. The molecule has 0 saturated carbocycles. The summed E-state index contributed by atoms with van der Waals surface area (Å²) in [5.41, 5.74) is 0.141. The van der Waals surface area contributed by atoms with Crippen molar-refractivity contribution < 1.29 is 14.3 Å². The Hall–Kier alpha value is -1.76. The standard InChI is InChI=1S/C15H25N4O4P/c1-5-17(6-2)24(23,18(7-3)8-4)16-15(20)13-9-11-14(12-10-13)19(21)22/h9-12H,5-8H2,1-4H3,(H,16,20,23). The van der Waals surface area contributed by atoms with Gasteiger partial charge < -0.3 is 0 Å². The van der Waals surface area contributed by atoms with Crippen LogP contribution < -0.4 is 5.09 Å². The van der Waals surface area contributed by atoms with Crippen molar-refractivity contribution in [2.75, 3.05) is 26.2 Å². The van der Waals surface area contributed by atoms with E-state index in [1.807, 2.05) is 27.7 Å². The van der Waals surface area contributed by atoms with Gasteiger partial charge in [0.1, 0.15) is 0 Å². The Kier molecular flexibility index (Phi) is 7.54. The minimum absolute atomic E-state index is 0.0952. The van der Waals surface area contributed by atoms with Crippen LogP contribution in [0.15, 0.2) is 24.3 Å². The minimum Gasteiger partial charge on any atom is -0.279 e. The number of non-ortho nitro benzene ring substituents is 1. The first kappa shape index (κ1) is 20.3. The number of benzene rings is 1. The van der Waals surface area contributed by atoms with Crippen molar-refractivity contribution in [3.8, 4) is 0 Å². The molecule has 9 heteroatoms. The maximum Gasteiger partial charge on any atom is 0.310 e. The van der Waals surface area contributed by atoms with E-state index in [9.17, 15) is 19.5 Å². The molecule has 0 spiro atoms. The highest BCUT2D eigenvalue weighted by Gasteiger charge is 2.36. The highest BCUT2D eigenvalue weighted by molar-refractivity contribution is 7.57. The number of carbonyl (C=O) groups excluding carboxylic acids is 1. The highest BCUT2D eigenvalue weighted by atomic mass is 31.2. The lowest BCUT2D eigenvalue weighted by Crippen LogP contribution is -2.40. The summed E-state index contributed by atoms with van der Waals surface area (Å²) in [5.74, 6) is -0.507. The molecule has 0 atom stereocenters. The number of nitro benzene ring substituents is 1. The Morgan fingerprint density at radius 1 is 1.04 bits per heavy atom. The zero-order valence-electron chi connectivity index (χ0n) is 14.6. The van der Waals surface area contributed by atoms with Gasteiger partial charge in [0.15, 0.2) is 0 Å². The van der Waals surface area contributed by atoms with Gasteiger partial charge in [-0.15, -0.1) is 0 Å². The van der Waals surface area contributed by atoms with Crippen molar-refractivity contribution in [2.45, 2.75) is 27.7 Å². The summed E-state index contributed by atoms with van der Waals surface area (Å²) < 4.78 is 17.0. The summed E-state index contributed by atoms with van der Waals surface area (Å²) >= 11 is 0. The monoisotopic (exact) mass is 356 g/mol. The molecule has 8 nitrogen and oxygen atoms in total. The maximum atomic E-state index is 13.5. The Balaban J connectivity index is 3.11. The summed E-state index contributed by atoms with van der Waals surface area (Å²) in [6.45, 7) is 9.68. The highest BCUT2D eigenvalue weighted by Crippen LogP contribution is 2.48. The number of nitrogens with one attached hydrogen (secondary N) is 1. The minimum atomic E-state index is -3.26. The summed E-state index contributed by atoms with van der Waals surface area (Å²) in [6.07, 6.45) is 0. The molecule has 1 aromatic rings. The molecule has 0 radical (unpaired) electrons. The number of carbonyl (C=O) groups is 1. The molecule has 0 unspecified atom stereocenters. The number of amides is 1. The molecule has 0 fully saturated rings. The van der Waals surface area contributed by atoms with Crippen LogP contribution in [0, 0.1) is 10.1 Å². The predicted molar refractivity (Wildman–Crippen MR) is 94.0 cm³/mol. The molecular weight excluding hydrogens is 331 g/mol. The zero-order valence-corrected chi connectivity index (χ0v) is 15.5. The number of hydrogen-bond acceptors (Lipinski definition) is 4. The maximum absolute atomic E-state index is 13.5. The lowest BCUT2D eigenvalue weighted by molar-refractivity contribution is -0.384. The van der Waals surface area contributed by atoms with Crippen LogP contribution in [-0.2, 0) is 4.57 Å². The topological polar surface area (TPSA) is 95.8 Å². The van der Waals surface area contributed by atoms with E-state index in [2.05, 4.69) is 5.09 Å². The van der Waals surface area contributed by atoms with Gasteiger partial charge in [0.2, 0.25) is 0 Å². The molecule has 134 valence electrons. The molecule has 1 aromatic carbocycles. The van der Waals surface area contributed by atoms with Crippen molar-refractivity contribution in [2.24, 2.45) is 0 Å². The third kappa shape index (κ3) is 4.41. The Morgan fingerprint density at radius 3 is 1.79 bits per heavy atom. The van der Waals surface area contributed by atoms with Crippen molar-refractivity contribution in [3.05, 3.63) is 39.9 Å². The summed E-state index contributed by atoms with van der Waals surface area (Å²) in [6, 6.07) is 5.24. The third-order valence-corrected chi connectivity index (χ3v) is 6.97. The van der Waals surface area contributed by atoms with Crippen LogP contribution in [-0.4, -0.2) is 46.4 Å². The zero-order chi connectivity index (χ0) is 18.3. The number of nitrogens with zero attached hydrogens (tertiary/aromatic N) is 3. The van der Waals surface area contributed by atoms with Crippen LogP contribution in [0.3, 0.4) is 0 Å². The van der Waals surface area contributed by atoms with Crippen molar-refractivity contribution in [3.63, 3.8) is 0 Å². The fourth-order valence-corrected chi connectivity index (χ4v) is 5.03. The third-order valence-electron chi connectivity index (χ3n) is 3.81. The second-order valence-corrected chi connectivity index (χ2v) is 7.51. The lowest BCUT2D eigenvalue weighted by atomic mass is 10.2. The summed E-state index contributed by atoms with van der Waals surface area (Å²) in [4.78, 5) is 22.7. The molecule has 0 aromatic heterocycles. The van der Waals surface area contributed by atoms with Crippen LogP contribution in [0.4, 0.5) is 5.69 Å². The first-order valence-electron chi connectivity index (χ1n) is 8.01. The molecule has 0 bridgehead atoms. The van der Waals surface area contributed by atoms with Gasteiger partial charge in [0.05, 0.1) is 4.92 Å². The normalized spacial score (nSPS) is 11.8. The first-order chi connectivity index (χ1) is 11.3. The van der Waals surface area contributed by atoms with Crippen LogP contribution >= 0.6 is 7.59 Å². The van der Waals surface area contributed by atoms with Gasteiger partial charge in [-0.2, -0.15) is 0 Å². The number of hydrogen-bond donors (Lipinski definition) is 1. The SMILES string of the molecule is CCN(CC)P(=O)(NC(=O)c1ccc([N+](=O)[O-])cc1)N(CC)CC. The Morgan fingerprint density at radius 2 is 1.46 bits per heavy atom. The van der Waals surface area contributed by atoms with Crippen molar-refractivity contribution in [1.29, 1.82) is 0 Å². The molecule has 0 aliphatic heterocycles. The lowest BCUT2D eigenvalue weighted by Gasteiger charge is -2.37. The van der Waals surface area contributed by atoms with Gasteiger partial charge in [-0.3, -0.25) is 24.6 Å². The van der Waals surface area contributed by atoms with E-state index < -0.39 is 18.4 Å². The molecule has 1 N–H and O–H groups in total. The smallest absolute Gasteiger partial charge is 0.279 e. The van der Waals surface area contributed by atoms with E-state index in [4.69, 9.17) is 0 Å². The molecule has 1 rings (SSSR count). The second kappa shape index (κ2) is 8.92. The largest absolute Gasteiger partial charge is 0.310 e. The van der Waals surface area contributed by atoms with E-state index in [1.54, 1.807) is 9.34 Å². The molecule has 1 amide bonds. The van der Waals surface area contributed by atoms with Crippen molar-refractivity contribution in [1.82, 2.24) is 14.4 Å². The van der Waals surface area contributed by atoms with Gasteiger partial charge in [-0.25, -0.2) is 9.34 Å². The van der Waals surface area contributed by atoms with Crippen LogP contribution in [0.2, 0.25) is 0 Å². The molecule has 24 heavy (non-hydrogen) atoms. The van der Waals surface area contributed by atoms with Gasteiger partial charge in [0, 0.05) is 43.9 Å². The van der Waals surface area contributed by atoms with Crippen LogP contribution in [0.1, 0.15) is 38.1 Å². The summed E-state index contributed by atoms with van der Waals surface area (Å²) in [7, 11) is -3.26. The number of rotatable bonds is 9. The Labute approximate surface area is 142 Å².